The minimum Gasteiger partial charge on any atom is -0.469 e. The van der Waals surface area contributed by atoms with Gasteiger partial charge in [0.25, 0.3) is 0 Å². The van der Waals surface area contributed by atoms with Crippen LogP contribution in [-0.2, 0) is 14.3 Å². The van der Waals surface area contributed by atoms with Crippen molar-refractivity contribution in [2.24, 2.45) is 17.7 Å². The number of ether oxygens (including phenoxy) is 1. The largest absolute Gasteiger partial charge is 0.469 e. The highest BCUT2D eigenvalue weighted by atomic mass is 35.5. The minimum absolute atomic E-state index is 0. The summed E-state index contributed by atoms with van der Waals surface area (Å²) in [5.74, 6) is 4.15. The molecule has 1 fully saturated rings. The normalized spacial score (nSPS) is 22.9. The summed E-state index contributed by atoms with van der Waals surface area (Å²) in [5, 5.41) is 1.16. The van der Waals surface area contributed by atoms with Gasteiger partial charge in [-0.1, -0.05) is 6.92 Å². The lowest BCUT2D eigenvalue weighted by molar-refractivity contribution is -0.150. The highest BCUT2D eigenvalue weighted by molar-refractivity contribution is 5.86. The van der Waals surface area contributed by atoms with Crippen molar-refractivity contribution in [3.05, 3.63) is 0 Å². The molecule has 82 valence electrons. The maximum absolute atomic E-state index is 11.4. The quantitative estimate of drug-likeness (QED) is 0.404. The van der Waals surface area contributed by atoms with E-state index in [0.29, 0.717) is 13.0 Å². The van der Waals surface area contributed by atoms with Gasteiger partial charge in [0.15, 0.2) is 0 Å². The molecule has 0 aliphatic carbocycles. The Kier molecular flexibility index (Phi) is 4.87. The fourth-order valence-electron chi connectivity index (χ4n) is 1.54. The summed E-state index contributed by atoms with van der Waals surface area (Å²) in [6, 6.07) is 0. The van der Waals surface area contributed by atoms with E-state index in [9.17, 15) is 9.59 Å². The molecule has 0 saturated carbocycles. The van der Waals surface area contributed by atoms with E-state index < -0.39 is 5.92 Å². The summed E-state index contributed by atoms with van der Waals surface area (Å²) in [6.45, 7) is 2.21. The monoisotopic (exact) mass is 222 g/mol. The third-order valence-corrected chi connectivity index (χ3v) is 2.46. The molecule has 2 N–H and O–H groups in total. The number of amides is 1. The molecule has 6 heteroatoms. The fraction of sp³-hybridized carbons (Fsp3) is 0.750. The van der Waals surface area contributed by atoms with E-state index in [1.54, 1.807) is 6.92 Å². The van der Waals surface area contributed by atoms with E-state index in [-0.39, 0.29) is 30.2 Å². The van der Waals surface area contributed by atoms with Gasteiger partial charge in [0.2, 0.25) is 5.91 Å². The van der Waals surface area contributed by atoms with E-state index in [1.165, 1.54) is 7.11 Å². The van der Waals surface area contributed by atoms with Crippen LogP contribution in [0.25, 0.3) is 0 Å². The molecule has 2 atom stereocenters. The summed E-state index contributed by atoms with van der Waals surface area (Å²) in [5.41, 5.74) is 0. The van der Waals surface area contributed by atoms with E-state index in [0.717, 1.165) is 5.01 Å². The standard InChI is InChI=1S/C8H14N2O3.ClH/c1-5(8(12)13-2)6-3-4-10(9)7(6)11;/h5-6H,3-4,9H2,1-2H3;1H/t5-,6-;/m0./s1. The lowest BCUT2D eigenvalue weighted by Gasteiger charge is -2.14. The molecule has 1 aliphatic rings. The van der Waals surface area contributed by atoms with Crippen molar-refractivity contribution < 1.29 is 14.3 Å². The molecule has 1 heterocycles. The number of carbonyl (C=O) groups is 2. The Morgan fingerprint density at radius 2 is 2.29 bits per heavy atom. The first-order chi connectivity index (χ1) is 6.07. The second-order valence-electron chi connectivity index (χ2n) is 3.24. The number of rotatable bonds is 2. The van der Waals surface area contributed by atoms with Crippen molar-refractivity contribution in [1.29, 1.82) is 0 Å². The van der Waals surface area contributed by atoms with Gasteiger partial charge in [0.1, 0.15) is 0 Å². The average molecular weight is 223 g/mol. The molecular formula is C8H15ClN2O3. The van der Waals surface area contributed by atoms with Crippen LogP contribution in [0, 0.1) is 11.8 Å². The first kappa shape index (κ1) is 13.2. The van der Waals surface area contributed by atoms with Crippen molar-refractivity contribution >= 4 is 24.3 Å². The van der Waals surface area contributed by atoms with Crippen molar-refractivity contribution in [3.8, 4) is 0 Å². The Morgan fingerprint density at radius 1 is 1.71 bits per heavy atom. The molecule has 0 bridgehead atoms. The maximum atomic E-state index is 11.4. The molecule has 0 aromatic heterocycles. The van der Waals surface area contributed by atoms with Gasteiger partial charge >= 0.3 is 5.97 Å². The predicted molar refractivity (Wildman–Crippen MR) is 52.4 cm³/mol. The van der Waals surface area contributed by atoms with Crippen molar-refractivity contribution in [1.82, 2.24) is 5.01 Å². The molecule has 1 aliphatic heterocycles. The Bertz CT molecular complexity index is 235. The first-order valence-electron chi connectivity index (χ1n) is 4.21. The zero-order valence-electron chi connectivity index (χ0n) is 8.23. The molecule has 1 saturated heterocycles. The highest BCUT2D eigenvalue weighted by Crippen LogP contribution is 2.24. The SMILES string of the molecule is COC(=O)[C@@H](C)[C@@H]1CCN(N)C1=O.Cl. The third kappa shape index (κ3) is 2.36. The third-order valence-electron chi connectivity index (χ3n) is 2.46. The van der Waals surface area contributed by atoms with Gasteiger partial charge in [-0.05, 0) is 6.42 Å². The molecule has 0 spiro atoms. The fourth-order valence-corrected chi connectivity index (χ4v) is 1.54. The number of nitrogens with two attached hydrogens (primary N) is 1. The number of halogens is 1. The van der Waals surface area contributed by atoms with Crippen LogP contribution in [0.3, 0.4) is 0 Å². The van der Waals surface area contributed by atoms with Crippen LogP contribution in [0.1, 0.15) is 13.3 Å². The average Bonchev–Trinajstić information content (AvgIpc) is 2.45. The highest BCUT2D eigenvalue weighted by Gasteiger charge is 2.37. The molecule has 1 amide bonds. The van der Waals surface area contributed by atoms with Crippen LogP contribution in [0.4, 0.5) is 0 Å². The summed E-state index contributed by atoms with van der Waals surface area (Å²) in [6.07, 6.45) is 0.631. The molecule has 0 unspecified atom stereocenters. The van der Waals surface area contributed by atoms with Crippen molar-refractivity contribution in [2.45, 2.75) is 13.3 Å². The minimum atomic E-state index is -0.397. The first-order valence-corrected chi connectivity index (χ1v) is 4.21. The van der Waals surface area contributed by atoms with Gasteiger partial charge in [-0.3, -0.25) is 14.6 Å². The zero-order valence-corrected chi connectivity index (χ0v) is 9.04. The summed E-state index contributed by atoms with van der Waals surface area (Å²) >= 11 is 0. The molecular weight excluding hydrogens is 208 g/mol. The maximum Gasteiger partial charge on any atom is 0.309 e. The van der Waals surface area contributed by atoms with Crippen molar-refractivity contribution in [2.75, 3.05) is 13.7 Å². The zero-order chi connectivity index (χ0) is 10.0. The Hall–Kier alpha value is -0.810. The number of hydrogen-bond donors (Lipinski definition) is 1. The Morgan fingerprint density at radius 3 is 2.64 bits per heavy atom. The van der Waals surface area contributed by atoms with E-state index in [4.69, 9.17) is 5.84 Å². The molecule has 0 radical (unpaired) electrons. The van der Waals surface area contributed by atoms with Crippen LogP contribution in [0.15, 0.2) is 0 Å². The molecule has 14 heavy (non-hydrogen) atoms. The lowest BCUT2D eigenvalue weighted by atomic mass is 9.93. The molecule has 1 rings (SSSR count). The van der Waals surface area contributed by atoms with Crippen LogP contribution in [0.5, 0.6) is 0 Å². The summed E-state index contributed by atoms with van der Waals surface area (Å²) in [7, 11) is 1.32. The van der Waals surface area contributed by atoms with Crippen LogP contribution in [-0.4, -0.2) is 30.5 Å². The number of esters is 1. The van der Waals surface area contributed by atoms with E-state index in [1.807, 2.05) is 0 Å². The summed E-state index contributed by atoms with van der Waals surface area (Å²) < 4.78 is 4.56. The smallest absolute Gasteiger partial charge is 0.309 e. The number of hydrogen-bond acceptors (Lipinski definition) is 4. The second-order valence-corrected chi connectivity index (χ2v) is 3.24. The van der Waals surface area contributed by atoms with E-state index >= 15 is 0 Å². The van der Waals surface area contributed by atoms with Gasteiger partial charge in [-0.15, -0.1) is 12.4 Å². The van der Waals surface area contributed by atoms with Gasteiger partial charge in [-0.25, -0.2) is 5.84 Å². The van der Waals surface area contributed by atoms with Gasteiger partial charge in [0.05, 0.1) is 18.9 Å². The van der Waals surface area contributed by atoms with Crippen LogP contribution >= 0.6 is 12.4 Å². The van der Waals surface area contributed by atoms with Crippen molar-refractivity contribution in [3.63, 3.8) is 0 Å². The second kappa shape index (κ2) is 5.17. The summed E-state index contributed by atoms with van der Waals surface area (Å²) in [4.78, 5) is 22.5. The van der Waals surface area contributed by atoms with Gasteiger partial charge < -0.3 is 4.74 Å². The molecule has 0 aromatic carbocycles. The van der Waals surface area contributed by atoms with Crippen LogP contribution < -0.4 is 5.84 Å². The number of nitrogens with zero attached hydrogens (tertiary/aromatic N) is 1. The van der Waals surface area contributed by atoms with Crippen LogP contribution in [0.2, 0.25) is 0 Å². The lowest BCUT2D eigenvalue weighted by Crippen LogP contribution is -2.36. The predicted octanol–water partition coefficient (Wildman–Crippen LogP) is -0.0605. The molecule has 0 aromatic rings. The Labute approximate surface area is 88.9 Å². The topological polar surface area (TPSA) is 72.6 Å². The van der Waals surface area contributed by atoms with Gasteiger partial charge in [-0.2, -0.15) is 0 Å². The molecule has 5 nitrogen and oxygen atoms in total. The number of carbonyl (C=O) groups excluding carboxylic acids is 2. The number of hydrazine groups is 1. The number of methoxy groups -OCH3 is 1. The Balaban J connectivity index is 0.00000169. The van der Waals surface area contributed by atoms with Gasteiger partial charge in [0, 0.05) is 6.54 Å². The van der Waals surface area contributed by atoms with E-state index in [2.05, 4.69) is 4.74 Å².